The summed E-state index contributed by atoms with van der Waals surface area (Å²) in [6.45, 7) is -0.302. The molecule has 23 heavy (non-hydrogen) atoms. The van der Waals surface area contributed by atoms with E-state index >= 15 is 0 Å². The van der Waals surface area contributed by atoms with E-state index < -0.39 is 29.2 Å². The van der Waals surface area contributed by atoms with E-state index in [-0.39, 0.29) is 25.9 Å². The van der Waals surface area contributed by atoms with Crippen molar-refractivity contribution in [2.45, 2.75) is 37.0 Å². The van der Waals surface area contributed by atoms with Crippen LogP contribution in [0.3, 0.4) is 0 Å². The fraction of sp³-hybridized carbons (Fsp3) is 0.533. The lowest BCUT2D eigenvalue weighted by Gasteiger charge is -2.70. The third kappa shape index (κ3) is 2.82. The van der Waals surface area contributed by atoms with Gasteiger partial charge in [-0.3, -0.25) is 0 Å². The van der Waals surface area contributed by atoms with Crippen molar-refractivity contribution in [1.82, 2.24) is 10.6 Å². The van der Waals surface area contributed by atoms with Crippen LogP contribution in [0.1, 0.15) is 30.9 Å². The molecule has 0 heterocycles. The van der Waals surface area contributed by atoms with E-state index in [1.807, 2.05) is 6.07 Å². The number of hydrogen-bond donors (Lipinski definition) is 3. The average molecular weight is 393 g/mol. The van der Waals surface area contributed by atoms with Gasteiger partial charge in [0.05, 0.1) is 18.1 Å². The Morgan fingerprint density at radius 3 is 2.52 bits per heavy atom. The van der Waals surface area contributed by atoms with Gasteiger partial charge in [0.2, 0.25) is 0 Å². The van der Waals surface area contributed by atoms with Crippen molar-refractivity contribution in [3.8, 4) is 0 Å². The molecular weight excluding hydrogens is 377 g/mol. The molecule has 1 aromatic carbocycles. The van der Waals surface area contributed by atoms with Crippen LogP contribution in [0.2, 0.25) is 0 Å². The monoisotopic (exact) mass is 392 g/mol. The zero-order valence-corrected chi connectivity index (χ0v) is 13.7. The molecule has 2 bridgehead atoms. The number of amides is 2. The molecule has 126 valence electrons. The lowest BCUT2D eigenvalue weighted by atomic mass is 9.39. The maximum absolute atomic E-state index is 12.8. The molecule has 1 aromatic rings. The molecular formula is C15H16BrF3N2O2. The molecule has 0 spiro atoms. The molecule has 4 rings (SSSR count). The molecule has 2 amide bonds. The highest BCUT2D eigenvalue weighted by Crippen LogP contribution is 2.73. The lowest BCUT2D eigenvalue weighted by Crippen LogP contribution is -2.79. The second-order valence-electron chi connectivity index (χ2n) is 6.48. The molecule has 0 aliphatic heterocycles. The summed E-state index contributed by atoms with van der Waals surface area (Å²) in [5.41, 5.74) is -1.63. The van der Waals surface area contributed by atoms with Gasteiger partial charge in [0.15, 0.2) is 0 Å². The fourth-order valence-electron chi connectivity index (χ4n) is 3.61. The molecule has 0 saturated heterocycles. The van der Waals surface area contributed by atoms with Gasteiger partial charge in [0.1, 0.15) is 0 Å². The minimum absolute atomic E-state index is 0.0579. The SMILES string of the molecule is O=C(NC(CO)c1cccc(Br)c1)NC12CC(C(F)(F)F)(C1)C2. The number of benzene rings is 1. The Morgan fingerprint density at radius 2 is 2.00 bits per heavy atom. The standard InChI is InChI=1S/C15H16BrF3N2O2/c16-10-3-1-2-9(4-10)11(5-22)20-12(23)21-14-6-13(7-14,8-14)15(17,18)19/h1-4,11,22H,5-8H2,(H2,20,21,23). The average Bonchev–Trinajstić information content (AvgIpc) is 2.37. The summed E-state index contributed by atoms with van der Waals surface area (Å²) in [6.07, 6.45) is -4.37. The number of alkyl halides is 3. The van der Waals surface area contributed by atoms with E-state index in [0.29, 0.717) is 5.56 Å². The van der Waals surface area contributed by atoms with Crippen LogP contribution >= 0.6 is 15.9 Å². The van der Waals surface area contributed by atoms with Gasteiger partial charge in [0, 0.05) is 10.0 Å². The smallest absolute Gasteiger partial charge is 0.394 e. The Morgan fingerprint density at radius 1 is 1.35 bits per heavy atom. The Hall–Kier alpha value is -1.28. The van der Waals surface area contributed by atoms with Crippen molar-refractivity contribution < 1.29 is 23.1 Å². The summed E-state index contributed by atoms with van der Waals surface area (Å²) in [6, 6.07) is 5.94. The third-order valence-corrected chi connectivity index (χ3v) is 5.24. The summed E-state index contributed by atoms with van der Waals surface area (Å²) in [5.74, 6) is 0. The van der Waals surface area contributed by atoms with Crippen molar-refractivity contribution >= 4 is 22.0 Å². The second-order valence-corrected chi connectivity index (χ2v) is 7.39. The number of nitrogens with one attached hydrogen (secondary N) is 2. The molecule has 3 aliphatic rings. The number of halogens is 4. The first-order valence-electron chi connectivity index (χ1n) is 7.20. The highest BCUT2D eigenvalue weighted by molar-refractivity contribution is 9.10. The Labute approximate surface area is 139 Å². The van der Waals surface area contributed by atoms with Gasteiger partial charge in [-0.15, -0.1) is 0 Å². The van der Waals surface area contributed by atoms with Gasteiger partial charge in [-0.2, -0.15) is 13.2 Å². The highest BCUT2D eigenvalue weighted by atomic mass is 79.9. The van der Waals surface area contributed by atoms with Crippen LogP contribution in [0.25, 0.3) is 0 Å². The summed E-state index contributed by atoms with van der Waals surface area (Å²) < 4.78 is 39.2. The first-order chi connectivity index (χ1) is 10.7. The predicted octanol–water partition coefficient (Wildman–Crippen LogP) is 3.27. The Balaban J connectivity index is 1.56. The number of urea groups is 1. The molecule has 3 aliphatic carbocycles. The second kappa shape index (κ2) is 5.37. The summed E-state index contributed by atoms with van der Waals surface area (Å²) in [4.78, 5) is 12.0. The quantitative estimate of drug-likeness (QED) is 0.736. The zero-order valence-electron chi connectivity index (χ0n) is 12.1. The molecule has 3 saturated carbocycles. The van der Waals surface area contributed by atoms with Crippen molar-refractivity contribution in [2.75, 3.05) is 6.61 Å². The van der Waals surface area contributed by atoms with Gasteiger partial charge < -0.3 is 15.7 Å². The zero-order chi connectivity index (χ0) is 16.9. The molecule has 1 unspecified atom stereocenters. The molecule has 3 N–H and O–H groups in total. The maximum atomic E-state index is 12.8. The van der Waals surface area contributed by atoms with Gasteiger partial charge in [-0.05, 0) is 37.0 Å². The molecule has 0 radical (unpaired) electrons. The Kier molecular flexibility index (Phi) is 3.87. The van der Waals surface area contributed by atoms with Crippen molar-refractivity contribution in [3.05, 3.63) is 34.3 Å². The number of aliphatic hydroxyl groups is 1. The minimum Gasteiger partial charge on any atom is -0.394 e. The van der Waals surface area contributed by atoms with Crippen molar-refractivity contribution in [3.63, 3.8) is 0 Å². The van der Waals surface area contributed by atoms with E-state index in [1.165, 1.54) is 0 Å². The van der Waals surface area contributed by atoms with Crippen molar-refractivity contribution in [1.29, 1.82) is 0 Å². The third-order valence-electron chi connectivity index (χ3n) is 4.75. The normalized spacial score (nSPS) is 30.0. The Bertz CT molecular complexity index is 616. The van der Waals surface area contributed by atoms with Crippen LogP contribution in [0.4, 0.5) is 18.0 Å². The van der Waals surface area contributed by atoms with E-state index in [2.05, 4.69) is 26.6 Å². The number of carbonyl (C=O) groups is 1. The van der Waals surface area contributed by atoms with Gasteiger partial charge in [-0.25, -0.2) is 4.79 Å². The summed E-state index contributed by atoms with van der Waals surface area (Å²) in [7, 11) is 0. The first kappa shape index (κ1) is 16.6. The van der Waals surface area contributed by atoms with E-state index in [9.17, 15) is 23.1 Å². The van der Waals surface area contributed by atoms with Crippen LogP contribution in [-0.4, -0.2) is 29.5 Å². The molecule has 1 atom stereocenters. The number of hydrogen-bond acceptors (Lipinski definition) is 2. The number of carbonyl (C=O) groups excluding carboxylic acids is 1. The predicted molar refractivity (Wildman–Crippen MR) is 80.7 cm³/mol. The largest absolute Gasteiger partial charge is 0.394 e. The maximum Gasteiger partial charge on any atom is 0.394 e. The molecule has 0 aromatic heterocycles. The van der Waals surface area contributed by atoms with Crippen LogP contribution in [0.15, 0.2) is 28.7 Å². The molecule has 8 heteroatoms. The molecule has 3 fully saturated rings. The highest BCUT2D eigenvalue weighted by Gasteiger charge is 2.79. The molecule has 4 nitrogen and oxygen atoms in total. The minimum atomic E-state index is -4.20. The fourth-order valence-corrected chi connectivity index (χ4v) is 4.03. The summed E-state index contributed by atoms with van der Waals surface area (Å²) >= 11 is 3.31. The van der Waals surface area contributed by atoms with Crippen LogP contribution in [0, 0.1) is 5.41 Å². The van der Waals surface area contributed by atoms with Gasteiger partial charge in [-0.1, -0.05) is 28.1 Å². The van der Waals surface area contributed by atoms with E-state index in [4.69, 9.17) is 0 Å². The van der Waals surface area contributed by atoms with Crippen LogP contribution in [-0.2, 0) is 0 Å². The lowest BCUT2D eigenvalue weighted by molar-refractivity contribution is -0.336. The first-order valence-corrected chi connectivity index (χ1v) is 8.00. The van der Waals surface area contributed by atoms with Crippen LogP contribution < -0.4 is 10.6 Å². The van der Waals surface area contributed by atoms with E-state index in [0.717, 1.165) is 4.47 Å². The van der Waals surface area contributed by atoms with Gasteiger partial charge >= 0.3 is 12.2 Å². The number of aliphatic hydroxyl groups excluding tert-OH is 1. The van der Waals surface area contributed by atoms with Gasteiger partial charge in [0.25, 0.3) is 0 Å². The van der Waals surface area contributed by atoms with Crippen LogP contribution in [0.5, 0.6) is 0 Å². The summed E-state index contributed by atoms with van der Waals surface area (Å²) in [5, 5.41) is 14.7. The topological polar surface area (TPSA) is 61.4 Å². The van der Waals surface area contributed by atoms with Crippen molar-refractivity contribution in [2.24, 2.45) is 5.41 Å². The van der Waals surface area contributed by atoms with E-state index in [1.54, 1.807) is 18.2 Å². The number of rotatable bonds is 4.